The Bertz CT molecular complexity index is 855. The molecular formula is C24H26O4. The monoisotopic (exact) mass is 378 g/mol. The molecule has 0 radical (unpaired) electrons. The van der Waals surface area contributed by atoms with Crippen LogP contribution in [-0.4, -0.2) is 25.9 Å². The number of hydrogen-bond acceptors (Lipinski definition) is 4. The molecule has 4 nitrogen and oxygen atoms in total. The van der Waals surface area contributed by atoms with Crippen molar-refractivity contribution in [2.75, 3.05) is 20.8 Å². The van der Waals surface area contributed by atoms with E-state index in [0.717, 1.165) is 17.7 Å². The Labute approximate surface area is 166 Å². The van der Waals surface area contributed by atoms with E-state index in [1.165, 1.54) is 0 Å². The third-order valence-electron chi connectivity index (χ3n) is 4.72. The molecule has 4 heteroatoms. The summed E-state index contributed by atoms with van der Waals surface area (Å²) in [7, 11) is 3.23. The van der Waals surface area contributed by atoms with E-state index in [2.05, 4.69) is 6.92 Å². The molecule has 0 aliphatic carbocycles. The summed E-state index contributed by atoms with van der Waals surface area (Å²) >= 11 is 0. The fraction of sp³-hybridized carbons (Fsp3) is 0.250. The summed E-state index contributed by atoms with van der Waals surface area (Å²) < 4.78 is 16.4. The Morgan fingerprint density at radius 1 is 0.714 bits per heavy atom. The molecule has 146 valence electrons. The van der Waals surface area contributed by atoms with Crippen molar-refractivity contribution in [2.24, 2.45) is 0 Å². The highest BCUT2D eigenvalue weighted by atomic mass is 16.5. The van der Waals surface area contributed by atoms with Gasteiger partial charge in [0, 0.05) is 0 Å². The minimum absolute atomic E-state index is 0.662. The summed E-state index contributed by atoms with van der Waals surface area (Å²) in [5.41, 5.74) is 0.786. The van der Waals surface area contributed by atoms with Crippen LogP contribution in [0.3, 0.4) is 0 Å². The van der Waals surface area contributed by atoms with Crippen LogP contribution in [0.2, 0.25) is 0 Å². The SMILES string of the molecule is CCCOc1ccc(C(O)(c2cccc(OC)c2)c2cccc(OC)c2)cc1. The normalized spacial score (nSPS) is 11.1. The lowest BCUT2D eigenvalue weighted by molar-refractivity contribution is 0.125. The van der Waals surface area contributed by atoms with Crippen molar-refractivity contribution in [3.63, 3.8) is 0 Å². The van der Waals surface area contributed by atoms with Gasteiger partial charge in [-0.15, -0.1) is 0 Å². The average Bonchev–Trinajstić information content (AvgIpc) is 2.77. The van der Waals surface area contributed by atoms with Gasteiger partial charge in [0.25, 0.3) is 0 Å². The molecule has 0 unspecified atom stereocenters. The second kappa shape index (κ2) is 8.81. The zero-order valence-electron chi connectivity index (χ0n) is 16.5. The van der Waals surface area contributed by atoms with Gasteiger partial charge in [-0.2, -0.15) is 0 Å². The van der Waals surface area contributed by atoms with Crippen molar-refractivity contribution in [1.82, 2.24) is 0 Å². The summed E-state index contributed by atoms with van der Waals surface area (Å²) in [6.07, 6.45) is 0.944. The summed E-state index contributed by atoms with van der Waals surface area (Å²) in [4.78, 5) is 0. The Balaban J connectivity index is 2.13. The van der Waals surface area contributed by atoms with Crippen molar-refractivity contribution >= 4 is 0 Å². The van der Waals surface area contributed by atoms with Crippen molar-refractivity contribution in [3.8, 4) is 17.2 Å². The molecule has 0 spiro atoms. The average molecular weight is 378 g/mol. The molecule has 3 aromatic rings. The number of benzene rings is 3. The molecule has 0 amide bonds. The molecule has 0 aromatic heterocycles. The molecular weight excluding hydrogens is 352 g/mol. The second-order valence-corrected chi connectivity index (χ2v) is 6.55. The zero-order valence-corrected chi connectivity index (χ0v) is 16.5. The second-order valence-electron chi connectivity index (χ2n) is 6.55. The van der Waals surface area contributed by atoms with Gasteiger partial charge in [-0.3, -0.25) is 0 Å². The van der Waals surface area contributed by atoms with Gasteiger partial charge in [0.1, 0.15) is 22.8 Å². The standard InChI is InChI=1S/C24H26O4/c1-4-15-28-21-13-11-18(12-14-21)24(25,19-7-5-9-22(16-19)26-2)20-8-6-10-23(17-20)27-3/h5-14,16-17,25H,4,15H2,1-3H3. The molecule has 3 aromatic carbocycles. The minimum Gasteiger partial charge on any atom is -0.497 e. The van der Waals surface area contributed by atoms with Gasteiger partial charge in [-0.1, -0.05) is 43.3 Å². The summed E-state index contributed by atoms with van der Waals surface area (Å²) in [5, 5.41) is 12.0. The number of aliphatic hydroxyl groups is 1. The van der Waals surface area contributed by atoms with Crippen molar-refractivity contribution < 1.29 is 19.3 Å². The fourth-order valence-corrected chi connectivity index (χ4v) is 3.21. The van der Waals surface area contributed by atoms with E-state index in [9.17, 15) is 5.11 Å². The molecule has 0 aliphatic rings. The van der Waals surface area contributed by atoms with Crippen molar-refractivity contribution in [3.05, 3.63) is 89.5 Å². The minimum atomic E-state index is -1.37. The fourth-order valence-electron chi connectivity index (χ4n) is 3.21. The Hall–Kier alpha value is -2.98. The number of ether oxygens (including phenoxy) is 3. The van der Waals surface area contributed by atoms with Crippen LogP contribution in [-0.2, 0) is 5.60 Å². The van der Waals surface area contributed by atoms with E-state index >= 15 is 0 Å². The molecule has 0 atom stereocenters. The van der Waals surface area contributed by atoms with Crippen LogP contribution >= 0.6 is 0 Å². The smallest absolute Gasteiger partial charge is 0.140 e. The first-order valence-corrected chi connectivity index (χ1v) is 9.36. The van der Waals surface area contributed by atoms with Gasteiger partial charge >= 0.3 is 0 Å². The Morgan fingerprint density at radius 3 is 1.71 bits per heavy atom. The van der Waals surface area contributed by atoms with E-state index in [-0.39, 0.29) is 0 Å². The molecule has 0 saturated carbocycles. The molecule has 0 fully saturated rings. The molecule has 0 heterocycles. The number of methoxy groups -OCH3 is 2. The predicted molar refractivity (Wildman–Crippen MR) is 110 cm³/mol. The predicted octanol–water partition coefficient (Wildman–Crippen LogP) is 4.78. The van der Waals surface area contributed by atoms with E-state index in [1.807, 2.05) is 72.8 Å². The maximum Gasteiger partial charge on any atom is 0.140 e. The first kappa shape index (κ1) is 19.8. The maximum absolute atomic E-state index is 12.0. The van der Waals surface area contributed by atoms with Gasteiger partial charge in [-0.05, 0) is 59.5 Å². The van der Waals surface area contributed by atoms with Gasteiger partial charge < -0.3 is 19.3 Å². The maximum atomic E-state index is 12.0. The largest absolute Gasteiger partial charge is 0.497 e. The summed E-state index contributed by atoms with van der Waals surface area (Å²) in [6, 6.07) is 22.5. The molecule has 0 saturated heterocycles. The zero-order chi connectivity index (χ0) is 20.0. The highest BCUT2D eigenvalue weighted by molar-refractivity contribution is 5.51. The lowest BCUT2D eigenvalue weighted by Gasteiger charge is -2.30. The Morgan fingerprint density at radius 2 is 1.25 bits per heavy atom. The molecule has 0 aliphatic heterocycles. The van der Waals surface area contributed by atoms with E-state index in [4.69, 9.17) is 14.2 Å². The highest BCUT2D eigenvalue weighted by Gasteiger charge is 2.34. The van der Waals surface area contributed by atoms with Crippen LogP contribution in [0.25, 0.3) is 0 Å². The lowest BCUT2D eigenvalue weighted by atomic mass is 9.80. The topological polar surface area (TPSA) is 47.9 Å². The third kappa shape index (κ3) is 3.97. The molecule has 28 heavy (non-hydrogen) atoms. The van der Waals surface area contributed by atoms with Crippen molar-refractivity contribution in [1.29, 1.82) is 0 Å². The first-order chi connectivity index (χ1) is 13.6. The van der Waals surface area contributed by atoms with Crippen LogP contribution < -0.4 is 14.2 Å². The van der Waals surface area contributed by atoms with Gasteiger partial charge in [-0.25, -0.2) is 0 Å². The quantitative estimate of drug-likeness (QED) is 0.573. The van der Waals surface area contributed by atoms with Gasteiger partial charge in [0.2, 0.25) is 0 Å². The van der Waals surface area contributed by atoms with Crippen LogP contribution in [0.5, 0.6) is 17.2 Å². The molecule has 0 bridgehead atoms. The van der Waals surface area contributed by atoms with Crippen LogP contribution in [0, 0.1) is 0 Å². The lowest BCUT2D eigenvalue weighted by Crippen LogP contribution is -2.29. The summed E-state index contributed by atoms with van der Waals surface area (Å²) in [5.74, 6) is 2.15. The third-order valence-corrected chi connectivity index (χ3v) is 4.72. The highest BCUT2D eigenvalue weighted by Crippen LogP contribution is 2.39. The molecule has 1 N–H and O–H groups in total. The van der Waals surface area contributed by atoms with Crippen LogP contribution in [0.4, 0.5) is 0 Å². The van der Waals surface area contributed by atoms with E-state index in [0.29, 0.717) is 29.2 Å². The number of hydrogen-bond donors (Lipinski definition) is 1. The summed E-state index contributed by atoms with van der Waals surface area (Å²) in [6.45, 7) is 2.73. The van der Waals surface area contributed by atoms with Crippen LogP contribution in [0.1, 0.15) is 30.0 Å². The Kier molecular flexibility index (Phi) is 6.22. The van der Waals surface area contributed by atoms with E-state index < -0.39 is 5.60 Å². The first-order valence-electron chi connectivity index (χ1n) is 9.36. The number of rotatable bonds is 8. The van der Waals surface area contributed by atoms with Crippen LogP contribution in [0.15, 0.2) is 72.8 Å². The van der Waals surface area contributed by atoms with Gasteiger partial charge in [0.15, 0.2) is 0 Å². The van der Waals surface area contributed by atoms with Gasteiger partial charge in [0.05, 0.1) is 20.8 Å². The molecule has 3 rings (SSSR count). The van der Waals surface area contributed by atoms with E-state index in [1.54, 1.807) is 14.2 Å². The van der Waals surface area contributed by atoms with Crippen molar-refractivity contribution in [2.45, 2.75) is 18.9 Å².